The van der Waals surface area contributed by atoms with Crippen molar-refractivity contribution in [1.29, 1.82) is 0 Å². The SMILES string of the molecule is CN(C)c1nc(N)nc(N(C)Cc2ccco2)n1. The molecular formula is C11H16N6O. The first-order chi connectivity index (χ1) is 8.56. The highest BCUT2D eigenvalue weighted by Gasteiger charge is 2.11. The average molecular weight is 248 g/mol. The zero-order valence-corrected chi connectivity index (χ0v) is 10.7. The van der Waals surface area contributed by atoms with Gasteiger partial charge in [0.2, 0.25) is 17.8 Å². The predicted molar refractivity (Wildman–Crippen MR) is 69.4 cm³/mol. The molecule has 2 aromatic heterocycles. The number of furan rings is 1. The molecule has 0 radical (unpaired) electrons. The van der Waals surface area contributed by atoms with Crippen LogP contribution >= 0.6 is 0 Å². The van der Waals surface area contributed by atoms with E-state index in [1.165, 1.54) is 0 Å². The molecule has 0 aliphatic heterocycles. The van der Waals surface area contributed by atoms with E-state index < -0.39 is 0 Å². The molecule has 0 atom stereocenters. The van der Waals surface area contributed by atoms with Gasteiger partial charge < -0.3 is 20.0 Å². The lowest BCUT2D eigenvalue weighted by Crippen LogP contribution is -2.22. The fourth-order valence-corrected chi connectivity index (χ4v) is 1.45. The molecule has 18 heavy (non-hydrogen) atoms. The quantitative estimate of drug-likeness (QED) is 0.854. The summed E-state index contributed by atoms with van der Waals surface area (Å²) >= 11 is 0. The summed E-state index contributed by atoms with van der Waals surface area (Å²) in [4.78, 5) is 16.1. The Morgan fingerprint density at radius 3 is 2.50 bits per heavy atom. The van der Waals surface area contributed by atoms with Crippen LogP contribution in [0.5, 0.6) is 0 Å². The fourth-order valence-electron chi connectivity index (χ4n) is 1.45. The van der Waals surface area contributed by atoms with E-state index in [2.05, 4.69) is 15.0 Å². The Morgan fingerprint density at radius 1 is 1.17 bits per heavy atom. The third-order valence-electron chi connectivity index (χ3n) is 2.34. The highest BCUT2D eigenvalue weighted by atomic mass is 16.3. The van der Waals surface area contributed by atoms with Crippen LogP contribution in [0.4, 0.5) is 17.8 Å². The first-order valence-electron chi connectivity index (χ1n) is 5.48. The normalized spacial score (nSPS) is 10.4. The molecule has 7 heteroatoms. The van der Waals surface area contributed by atoms with Gasteiger partial charge in [-0.05, 0) is 12.1 Å². The molecule has 2 aromatic rings. The Balaban J connectivity index is 2.21. The Bertz CT molecular complexity index is 510. The number of nitrogens with two attached hydrogens (primary N) is 1. The minimum Gasteiger partial charge on any atom is -0.467 e. The molecule has 0 saturated heterocycles. The van der Waals surface area contributed by atoms with Crippen molar-refractivity contribution in [1.82, 2.24) is 15.0 Å². The lowest BCUT2D eigenvalue weighted by atomic mass is 10.4. The maximum atomic E-state index is 5.67. The summed E-state index contributed by atoms with van der Waals surface area (Å²) in [6.07, 6.45) is 1.64. The molecule has 0 aliphatic rings. The van der Waals surface area contributed by atoms with Gasteiger partial charge in [0.05, 0.1) is 12.8 Å². The van der Waals surface area contributed by atoms with Crippen molar-refractivity contribution >= 4 is 17.8 Å². The van der Waals surface area contributed by atoms with Crippen LogP contribution in [0.25, 0.3) is 0 Å². The van der Waals surface area contributed by atoms with Gasteiger partial charge in [0, 0.05) is 21.1 Å². The highest BCUT2D eigenvalue weighted by Crippen LogP contribution is 2.14. The number of nitrogen functional groups attached to an aromatic ring is 1. The van der Waals surface area contributed by atoms with Crippen LogP contribution < -0.4 is 15.5 Å². The summed E-state index contributed by atoms with van der Waals surface area (Å²) in [5.41, 5.74) is 5.67. The van der Waals surface area contributed by atoms with Crippen LogP contribution in [-0.4, -0.2) is 36.1 Å². The minimum absolute atomic E-state index is 0.204. The summed E-state index contributed by atoms with van der Waals surface area (Å²) in [5, 5.41) is 0. The molecule has 2 heterocycles. The van der Waals surface area contributed by atoms with Crippen LogP contribution in [0, 0.1) is 0 Å². The molecule has 0 aromatic carbocycles. The van der Waals surface area contributed by atoms with E-state index >= 15 is 0 Å². The Labute approximate surface area is 105 Å². The molecule has 0 saturated carbocycles. The topological polar surface area (TPSA) is 84.3 Å². The van der Waals surface area contributed by atoms with Crippen LogP contribution in [0.1, 0.15) is 5.76 Å². The Kier molecular flexibility index (Phi) is 3.31. The molecule has 0 spiro atoms. The van der Waals surface area contributed by atoms with Gasteiger partial charge in [0.25, 0.3) is 0 Å². The predicted octanol–water partition coefficient (Wildman–Crippen LogP) is 0.749. The molecule has 0 fully saturated rings. The Hall–Kier alpha value is -2.31. The van der Waals surface area contributed by atoms with Crippen LogP contribution in [0.2, 0.25) is 0 Å². The van der Waals surface area contributed by atoms with Gasteiger partial charge in [0.1, 0.15) is 5.76 Å². The third kappa shape index (κ3) is 2.68. The molecule has 2 N–H and O–H groups in total. The Morgan fingerprint density at radius 2 is 1.89 bits per heavy atom. The second-order valence-corrected chi connectivity index (χ2v) is 4.12. The number of hydrogen-bond donors (Lipinski definition) is 1. The second kappa shape index (κ2) is 4.91. The standard InChI is InChI=1S/C11H16N6O/c1-16(2)10-13-9(12)14-11(15-10)17(3)7-8-5-4-6-18-8/h4-6H,7H2,1-3H3,(H2,12,13,14,15). The number of aromatic nitrogens is 3. The minimum atomic E-state index is 0.204. The van der Waals surface area contributed by atoms with E-state index in [1.807, 2.05) is 38.2 Å². The smallest absolute Gasteiger partial charge is 0.232 e. The molecule has 0 unspecified atom stereocenters. The fraction of sp³-hybridized carbons (Fsp3) is 0.364. The van der Waals surface area contributed by atoms with Gasteiger partial charge in [-0.25, -0.2) is 0 Å². The van der Waals surface area contributed by atoms with Gasteiger partial charge in [-0.15, -0.1) is 0 Å². The van der Waals surface area contributed by atoms with E-state index in [0.29, 0.717) is 18.4 Å². The van der Waals surface area contributed by atoms with Crippen molar-refractivity contribution in [2.24, 2.45) is 0 Å². The lowest BCUT2D eigenvalue weighted by molar-refractivity contribution is 0.506. The van der Waals surface area contributed by atoms with Gasteiger partial charge in [-0.3, -0.25) is 0 Å². The molecular weight excluding hydrogens is 232 g/mol. The maximum Gasteiger partial charge on any atom is 0.232 e. The van der Waals surface area contributed by atoms with Crippen molar-refractivity contribution in [3.63, 3.8) is 0 Å². The van der Waals surface area contributed by atoms with E-state index in [0.717, 1.165) is 5.76 Å². The summed E-state index contributed by atoms with van der Waals surface area (Å²) in [6, 6.07) is 3.74. The lowest BCUT2D eigenvalue weighted by Gasteiger charge is -2.18. The molecule has 7 nitrogen and oxygen atoms in total. The van der Waals surface area contributed by atoms with Crippen LogP contribution in [0.3, 0.4) is 0 Å². The number of nitrogens with zero attached hydrogens (tertiary/aromatic N) is 5. The van der Waals surface area contributed by atoms with E-state index in [-0.39, 0.29) is 5.95 Å². The molecule has 96 valence electrons. The largest absolute Gasteiger partial charge is 0.467 e. The number of hydrogen-bond acceptors (Lipinski definition) is 7. The number of anilines is 3. The monoisotopic (exact) mass is 248 g/mol. The maximum absolute atomic E-state index is 5.67. The zero-order chi connectivity index (χ0) is 13.1. The molecule has 0 bridgehead atoms. The summed E-state index contributed by atoms with van der Waals surface area (Å²) in [5.74, 6) is 2.09. The van der Waals surface area contributed by atoms with Gasteiger partial charge >= 0.3 is 0 Å². The molecule has 2 rings (SSSR count). The second-order valence-electron chi connectivity index (χ2n) is 4.12. The third-order valence-corrected chi connectivity index (χ3v) is 2.34. The zero-order valence-electron chi connectivity index (χ0n) is 10.7. The van der Waals surface area contributed by atoms with E-state index in [9.17, 15) is 0 Å². The summed E-state index contributed by atoms with van der Waals surface area (Å²) in [6.45, 7) is 0.573. The van der Waals surface area contributed by atoms with Crippen molar-refractivity contribution in [2.45, 2.75) is 6.54 Å². The first-order valence-corrected chi connectivity index (χ1v) is 5.48. The first kappa shape index (κ1) is 12.2. The highest BCUT2D eigenvalue weighted by molar-refractivity contribution is 5.42. The van der Waals surface area contributed by atoms with Gasteiger partial charge in [0.15, 0.2) is 0 Å². The molecule has 0 aliphatic carbocycles. The van der Waals surface area contributed by atoms with Crippen molar-refractivity contribution in [3.8, 4) is 0 Å². The van der Waals surface area contributed by atoms with Gasteiger partial charge in [-0.1, -0.05) is 0 Å². The van der Waals surface area contributed by atoms with Gasteiger partial charge in [-0.2, -0.15) is 15.0 Å². The summed E-state index contributed by atoms with van der Waals surface area (Å²) in [7, 11) is 5.58. The van der Waals surface area contributed by atoms with Crippen LogP contribution in [-0.2, 0) is 6.54 Å². The average Bonchev–Trinajstić information content (AvgIpc) is 2.80. The summed E-state index contributed by atoms with van der Waals surface area (Å²) < 4.78 is 5.28. The van der Waals surface area contributed by atoms with Crippen LogP contribution in [0.15, 0.2) is 22.8 Å². The molecule has 0 amide bonds. The van der Waals surface area contributed by atoms with Crippen molar-refractivity contribution in [2.75, 3.05) is 36.7 Å². The van der Waals surface area contributed by atoms with E-state index in [1.54, 1.807) is 11.2 Å². The van der Waals surface area contributed by atoms with Crippen molar-refractivity contribution in [3.05, 3.63) is 24.2 Å². The number of rotatable bonds is 4. The van der Waals surface area contributed by atoms with Crippen molar-refractivity contribution < 1.29 is 4.42 Å². The van der Waals surface area contributed by atoms with E-state index in [4.69, 9.17) is 10.2 Å².